The first-order chi connectivity index (χ1) is 19.4. The Morgan fingerprint density at radius 2 is 1.77 bits per heavy atom. The van der Waals surface area contributed by atoms with Gasteiger partial charge in [0.15, 0.2) is 0 Å². The lowest BCUT2D eigenvalue weighted by Gasteiger charge is -2.33. The fraction of sp³-hybridized carbons (Fsp3) is 0.355. The number of hydrogen-bond acceptors (Lipinski definition) is 5. The van der Waals surface area contributed by atoms with Crippen LogP contribution in [0.3, 0.4) is 0 Å². The maximum Gasteiger partial charge on any atom is 0.248 e. The van der Waals surface area contributed by atoms with Gasteiger partial charge >= 0.3 is 0 Å². The quantitative estimate of drug-likeness (QED) is 0.328. The van der Waals surface area contributed by atoms with E-state index < -0.39 is 11.9 Å². The van der Waals surface area contributed by atoms with Crippen LogP contribution in [0.15, 0.2) is 72.9 Å². The van der Waals surface area contributed by atoms with Gasteiger partial charge in [-0.15, -0.1) is 0 Å². The van der Waals surface area contributed by atoms with Gasteiger partial charge in [-0.3, -0.25) is 19.3 Å². The Kier molecular flexibility index (Phi) is 10.2. The molecular formula is C31H35FN4O4. The van der Waals surface area contributed by atoms with Gasteiger partial charge in [0.05, 0.1) is 7.11 Å². The van der Waals surface area contributed by atoms with Gasteiger partial charge < -0.3 is 15.4 Å². The average molecular weight is 547 g/mol. The second-order valence-corrected chi connectivity index (χ2v) is 9.88. The van der Waals surface area contributed by atoms with Gasteiger partial charge in [-0.25, -0.2) is 9.37 Å². The first-order valence-corrected chi connectivity index (χ1v) is 13.7. The third-order valence-corrected chi connectivity index (χ3v) is 6.97. The summed E-state index contributed by atoms with van der Waals surface area (Å²) in [6, 6.07) is 16.7. The number of nitrogens with one attached hydrogen (secondary N) is 2. The molecule has 4 rings (SSSR count). The summed E-state index contributed by atoms with van der Waals surface area (Å²) in [5.41, 5.74) is 0.953. The van der Waals surface area contributed by atoms with E-state index in [1.165, 1.54) is 36.3 Å². The van der Waals surface area contributed by atoms with E-state index in [9.17, 15) is 18.8 Å². The minimum atomic E-state index is -1.04. The standard InChI is InChI=1S/C31H35FN4O4/c1-40-26-12-7-11-25(21-26)36(29(38)15-8-14-28(37)35-27-13-5-6-20-33-27)30(22-16-18-23(32)19-17-22)31(39)34-24-9-3-2-4-10-24/h5-7,11-13,16-21,24,30H,2-4,8-10,14-15H2,1H3,(H,34,39)(H,33,35,37)/t30-/m1/s1. The lowest BCUT2D eigenvalue weighted by molar-refractivity contribution is -0.127. The van der Waals surface area contributed by atoms with Crippen molar-refractivity contribution >= 4 is 29.2 Å². The molecule has 1 saturated carbocycles. The van der Waals surface area contributed by atoms with E-state index in [1.54, 1.807) is 48.7 Å². The smallest absolute Gasteiger partial charge is 0.248 e. The van der Waals surface area contributed by atoms with Gasteiger partial charge in [0.2, 0.25) is 17.7 Å². The highest BCUT2D eigenvalue weighted by Gasteiger charge is 2.34. The van der Waals surface area contributed by atoms with Crippen LogP contribution in [0, 0.1) is 5.82 Å². The monoisotopic (exact) mass is 546 g/mol. The molecule has 1 aliphatic rings. The summed E-state index contributed by atoms with van der Waals surface area (Å²) < 4.78 is 19.3. The first kappa shape index (κ1) is 28.7. The average Bonchev–Trinajstić information content (AvgIpc) is 2.97. The lowest BCUT2D eigenvalue weighted by Crippen LogP contribution is -2.47. The van der Waals surface area contributed by atoms with Gasteiger partial charge in [-0.1, -0.05) is 43.5 Å². The lowest BCUT2D eigenvalue weighted by atomic mass is 9.94. The summed E-state index contributed by atoms with van der Waals surface area (Å²) in [5.74, 6) is -0.407. The summed E-state index contributed by atoms with van der Waals surface area (Å²) in [6.45, 7) is 0. The third kappa shape index (κ3) is 7.88. The van der Waals surface area contributed by atoms with Crippen LogP contribution < -0.4 is 20.3 Å². The van der Waals surface area contributed by atoms with E-state index in [0.717, 1.165) is 32.1 Å². The summed E-state index contributed by atoms with van der Waals surface area (Å²) in [5, 5.41) is 5.86. The van der Waals surface area contributed by atoms with Gasteiger partial charge in [0.1, 0.15) is 23.4 Å². The molecule has 0 radical (unpaired) electrons. The minimum absolute atomic E-state index is 0.0151. The molecule has 1 atom stereocenters. The molecule has 2 N–H and O–H groups in total. The first-order valence-electron chi connectivity index (χ1n) is 13.7. The SMILES string of the molecule is COc1cccc(N(C(=O)CCCC(=O)Nc2ccccn2)[C@@H](C(=O)NC2CCCCC2)c2ccc(F)cc2)c1. The van der Waals surface area contributed by atoms with E-state index >= 15 is 0 Å². The number of benzene rings is 2. The van der Waals surface area contributed by atoms with E-state index in [-0.39, 0.29) is 43.0 Å². The van der Waals surface area contributed by atoms with Crippen LogP contribution in [-0.2, 0) is 14.4 Å². The predicted molar refractivity (Wildman–Crippen MR) is 151 cm³/mol. The molecule has 210 valence electrons. The van der Waals surface area contributed by atoms with Crippen molar-refractivity contribution in [2.24, 2.45) is 0 Å². The molecule has 3 amide bonds. The van der Waals surface area contributed by atoms with E-state index in [0.29, 0.717) is 22.8 Å². The number of methoxy groups -OCH3 is 1. The molecule has 0 bridgehead atoms. The molecule has 0 aliphatic heterocycles. The maximum absolute atomic E-state index is 13.9. The number of ether oxygens (including phenoxy) is 1. The zero-order valence-corrected chi connectivity index (χ0v) is 22.6. The van der Waals surface area contributed by atoms with Crippen molar-refractivity contribution in [1.29, 1.82) is 0 Å². The Bertz CT molecular complexity index is 1280. The van der Waals surface area contributed by atoms with Crippen molar-refractivity contribution in [2.75, 3.05) is 17.3 Å². The normalized spacial score (nSPS) is 14.2. The number of carbonyl (C=O) groups excluding carboxylic acids is 3. The van der Waals surface area contributed by atoms with Crippen molar-refractivity contribution in [3.05, 3.63) is 84.3 Å². The molecule has 0 unspecified atom stereocenters. The molecule has 2 aromatic carbocycles. The van der Waals surface area contributed by atoms with Gasteiger partial charge in [-0.2, -0.15) is 0 Å². The van der Waals surface area contributed by atoms with Crippen LogP contribution in [0.5, 0.6) is 5.75 Å². The number of halogens is 1. The highest BCUT2D eigenvalue weighted by atomic mass is 19.1. The number of amides is 3. The second kappa shape index (κ2) is 14.2. The van der Waals surface area contributed by atoms with Crippen molar-refractivity contribution in [2.45, 2.75) is 63.5 Å². The molecule has 3 aromatic rings. The molecule has 1 aliphatic carbocycles. The largest absolute Gasteiger partial charge is 0.497 e. The van der Waals surface area contributed by atoms with E-state index in [1.807, 2.05) is 0 Å². The van der Waals surface area contributed by atoms with Crippen molar-refractivity contribution < 1.29 is 23.5 Å². The number of anilines is 2. The van der Waals surface area contributed by atoms with Crippen LogP contribution in [0.25, 0.3) is 0 Å². The molecule has 40 heavy (non-hydrogen) atoms. The third-order valence-electron chi connectivity index (χ3n) is 6.97. The number of rotatable bonds is 11. The van der Waals surface area contributed by atoms with Crippen molar-refractivity contribution in [1.82, 2.24) is 10.3 Å². The Morgan fingerprint density at radius 1 is 1.00 bits per heavy atom. The summed E-state index contributed by atoms with van der Waals surface area (Å²) >= 11 is 0. The zero-order chi connectivity index (χ0) is 28.3. The summed E-state index contributed by atoms with van der Waals surface area (Å²) in [6.07, 6.45) is 6.91. The van der Waals surface area contributed by atoms with Gasteiger partial charge in [0.25, 0.3) is 0 Å². The maximum atomic E-state index is 13.9. The molecule has 0 saturated heterocycles. The zero-order valence-electron chi connectivity index (χ0n) is 22.6. The van der Waals surface area contributed by atoms with E-state index in [2.05, 4.69) is 15.6 Å². The van der Waals surface area contributed by atoms with Gasteiger partial charge in [-0.05, 0) is 61.2 Å². The van der Waals surface area contributed by atoms with Gasteiger partial charge in [0, 0.05) is 36.8 Å². The fourth-order valence-corrected chi connectivity index (χ4v) is 4.95. The van der Waals surface area contributed by atoms with Crippen LogP contribution >= 0.6 is 0 Å². The van der Waals surface area contributed by atoms with Crippen molar-refractivity contribution in [3.63, 3.8) is 0 Å². The number of hydrogen-bond donors (Lipinski definition) is 2. The van der Waals surface area contributed by atoms with Crippen LogP contribution in [0.4, 0.5) is 15.9 Å². The Balaban J connectivity index is 1.59. The molecule has 1 heterocycles. The van der Waals surface area contributed by atoms with Crippen LogP contribution in [-0.4, -0.2) is 35.9 Å². The Hall–Kier alpha value is -4.27. The number of aromatic nitrogens is 1. The number of carbonyl (C=O) groups is 3. The highest BCUT2D eigenvalue weighted by Crippen LogP contribution is 2.32. The fourth-order valence-electron chi connectivity index (χ4n) is 4.95. The minimum Gasteiger partial charge on any atom is -0.497 e. The molecule has 0 spiro atoms. The summed E-state index contributed by atoms with van der Waals surface area (Å²) in [4.78, 5) is 45.7. The Morgan fingerprint density at radius 3 is 2.48 bits per heavy atom. The van der Waals surface area contributed by atoms with Crippen LogP contribution in [0.1, 0.15) is 63.0 Å². The number of nitrogens with zero attached hydrogens (tertiary/aromatic N) is 2. The van der Waals surface area contributed by atoms with Crippen molar-refractivity contribution in [3.8, 4) is 5.75 Å². The molecule has 1 fully saturated rings. The Labute approximate surface area is 233 Å². The molecule has 1 aromatic heterocycles. The second-order valence-electron chi connectivity index (χ2n) is 9.88. The van der Waals surface area contributed by atoms with Crippen LogP contribution in [0.2, 0.25) is 0 Å². The molecular weight excluding hydrogens is 511 g/mol. The topological polar surface area (TPSA) is 101 Å². The molecule has 9 heteroatoms. The number of pyridine rings is 1. The predicted octanol–water partition coefficient (Wildman–Crippen LogP) is 5.56. The summed E-state index contributed by atoms with van der Waals surface area (Å²) in [7, 11) is 1.53. The molecule has 8 nitrogen and oxygen atoms in total. The highest BCUT2D eigenvalue weighted by molar-refractivity contribution is 6.01. The van der Waals surface area contributed by atoms with E-state index in [4.69, 9.17) is 4.74 Å².